The smallest absolute Gasteiger partial charge is 0.164 e. The van der Waals surface area contributed by atoms with E-state index in [0.29, 0.717) is 12.8 Å². The van der Waals surface area contributed by atoms with Crippen molar-refractivity contribution >= 4 is 11.6 Å². The molecule has 0 saturated heterocycles. The molecule has 0 saturated carbocycles. The highest BCUT2D eigenvalue weighted by Crippen LogP contribution is 2.26. The number of unbranched alkanes of at least 4 members (excludes halogenated alkanes) is 2. The molecule has 24 heavy (non-hydrogen) atoms. The molecule has 0 rings (SSSR count). The van der Waals surface area contributed by atoms with Crippen LogP contribution >= 0.6 is 0 Å². The number of rotatable bonds is 13. The normalized spacial score (nSPS) is 19.2. The van der Waals surface area contributed by atoms with Crippen LogP contribution in [0.3, 0.4) is 0 Å². The van der Waals surface area contributed by atoms with E-state index in [1.165, 1.54) is 6.92 Å². The van der Waals surface area contributed by atoms with Crippen molar-refractivity contribution in [1.82, 2.24) is 0 Å². The van der Waals surface area contributed by atoms with Crippen LogP contribution in [0.5, 0.6) is 0 Å². The van der Waals surface area contributed by atoms with Crippen molar-refractivity contribution in [3.63, 3.8) is 0 Å². The van der Waals surface area contributed by atoms with Gasteiger partial charge in [0.05, 0.1) is 0 Å². The molecule has 0 aliphatic heterocycles. The van der Waals surface area contributed by atoms with Gasteiger partial charge in [-0.05, 0) is 51.9 Å². The van der Waals surface area contributed by atoms with Crippen molar-refractivity contribution in [2.24, 2.45) is 11.8 Å². The third-order valence-electron chi connectivity index (χ3n) is 5.37. The van der Waals surface area contributed by atoms with Crippen molar-refractivity contribution in [3.05, 3.63) is 0 Å². The number of hydrogen-bond acceptors (Lipinski definition) is 4. The molecule has 4 atom stereocenters. The van der Waals surface area contributed by atoms with Gasteiger partial charge in [0.2, 0.25) is 0 Å². The monoisotopic (exact) mass is 342 g/mol. The Morgan fingerprint density at radius 2 is 1.58 bits per heavy atom. The molecule has 2 N–H and O–H groups in total. The van der Waals surface area contributed by atoms with Crippen LogP contribution in [0.1, 0.15) is 92.9 Å². The second kappa shape index (κ2) is 10.3. The van der Waals surface area contributed by atoms with E-state index in [1.54, 1.807) is 13.8 Å². The highest BCUT2D eigenvalue weighted by molar-refractivity contribution is 5.86. The van der Waals surface area contributed by atoms with Crippen molar-refractivity contribution in [1.29, 1.82) is 0 Å². The van der Waals surface area contributed by atoms with E-state index < -0.39 is 11.2 Å². The Labute approximate surface area is 148 Å². The minimum atomic E-state index is -1.26. The molecule has 142 valence electrons. The average Bonchev–Trinajstić information content (AvgIpc) is 2.47. The highest BCUT2D eigenvalue weighted by atomic mass is 16.3. The molecule has 0 aromatic rings. The summed E-state index contributed by atoms with van der Waals surface area (Å²) in [6.07, 6.45) is 6.26. The van der Waals surface area contributed by atoms with Gasteiger partial charge in [-0.3, -0.25) is 9.59 Å². The maximum Gasteiger partial charge on any atom is 0.164 e. The first-order chi connectivity index (χ1) is 10.9. The molecule has 4 nitrogen and oxygen atoms in total. The minimum absolute atomic E-state index is 0.0189. The quantitative estimate of drug-likeness (QED) is 0.495. The van der Waals surface area contributed by atoms with Gasteiger partial charge in [0.1, 0.15) is 11.2 Å². The van der Waals surface area contributed by atoms with E-state index in [-0.39, 0.29) is 23.4 Å². The zero-order valence-electron chi connectivity index (χ0n) is 16.5. The molecule has 0 amide bonds. The Morgan fingerprint density at radius 3 is 2.08 bits per heavy atom. The maximum absolute atomic E-state index is 12.3. The van der Waals surface area contributed by atoms with Gasteiger partial charge in [0.25, 0.3) is 0 Å². The molecule has 4 unspecified atom stereocenters. The van der Waals surface area contributed by atoms with Crippen LogP contribution in [0.15, 0.2) is 0 Å². The van der Waals surface area contributed by atoms with E-state index in [0.717, 1.165) is 38.5 Å². The predicted molar refractivity (Wildman–Crippen MR) is 97.9 cm³/mol. The molecule has 0 radical (unpaired) electrons. The molecular formula is C20H38O4. The summed E-state index contributed by atoms with van der Waals surface area (Å²) in [7, 11) is 0. The minimum Gasteiger partial charge on any atom is -0.382 e. The third kappa shape index (κ3) is 7.89. The molecule has 4 heteroatoms. The van der Waals surface area contributed by atoms with Gasteiger partial charge in [0.15, 0.2) is 11.6 Å². The van der Waals surface area contributed by atoms with Crippen LogP contribution in [0, 0.1) is 11.8 Å². The summed E-state index contributed by atoms with van der Waals surface area (Å²) < 4.78 is 0. The van der Waals surface area contributed by atoms with Crippen LogP contribution in [0.4, 0.5) is 0 Å². The fraction of sp³-hybridized carbons (Fsp3) is 0.900. The number of aliphatic hydroxyl groups is 2. The fourth-order valence-electron chi connectivity index (χ4n) is 3.02. The lowest BCUT2D eigenvalue weighted by molar-refractivity contribution is -0.141. The summed E-state index contributed by atoms with van der Waals surface area (Å²) >= 11 is 0. The summed E-state index contributed by atoms with van der Waals surface area (Å²) in [5.41, 5.74) is -2.49. The maximum atomic E-state index is 12.3. The lowest BCUT2D eigenvalue weighted by Crippen LogP contribution is -2.41. The van der Waals surface area contributed by atoms with Gasteiger partial charge < -0.3 is 10.2 Å². The Balaban J connectivity index is 4.18. The molecule has 0 aromatic carbocycles. The molecule has 0 fully saturated rings. The summed E-state index contributed by atoms with van der Waals surface area (Å²) in [4.78, 5) is 23.6. The molecule has 0 aliphatic carbocycles. The van der Waals surface area contributed by atoms with Crippen LogP contribution in [0.2, 0.25) is 0 Å². The third-order valence-corrected chi connectivity index (χ3v) is 5.37. The van der Waals surface area contributed by atoms with E-state index in [2.05, 4.69) is 6.92 Å². The summed E-state index contributed by atoms with van der Waals surface area (Å²) in [5, 5.41) is 20.5. The second-order valence-corrected chi connectivity index (χ2v) is 8.00. The van der Waals surface area contributed by atoms with Crippen molar-refractivity contribution in [2.45, 2.75) is 104 Å². The Morgan fingerprint density at radius 1 is 1.00 bits per heavy atom. The summed E-state index contributed by atoms with van der Waals surface area (Å²) in [6, 6.07) is 0. The Bertz CT molecular complexity index is 398. The van der Waals surface area contributed by atoms with Crippen LogP contribution < -0.4 is 0 Å². The lowest BCUT2D eigenvalue weighted by Gasteiger charge is -2.29. The highest BCUT2D eigenvalue weighted by Gasteiger charge is 2.35. The standard InChI is InChI=1S/C20H38O4/c1-7-8-12-16(3)20(6,24)18(22)13-10-9-11-15(2)14-19(5,23)17(4)21/h15-16,23-24H,7-14H2,1-6H3. The van der Waals surface area contributed by atoms with Gasteiger partial charge in [-0.2, -0.15) is 0 Å². The van der Waals surface area contributed by atoms with E-state index in [1.807, 2.05) is 13.8 Å². The summed E-state index contributed by atoms with van der Waals surface area (Å²) in [5.74, 6) is -0.0753. The Kier molecular flexibility index (Phi) is 9.98. The number of carbonyl (C=O) groups excluding carboxylic acids is 2. The predicted octanol–water partition coefficient (Wildman–Crippen LogP) is 4.06. The second-order valence-electron chi connectivity index (χ2n) is 8.00. The van der Waals surface area contributed by atoms with Gasteiger partial charge >= 0.3 is 0 Å². The topological polar surface area (TPSA) is 74.6 Å². The van der Waals surface area contributed by atoms with E-state index >= 15 is 0 Å². The van der Waals surface area contributed by atoms with Gasteiger partial charge in [-0.1, -0.05) is 46.5 Å². The van der Waals surface area contributed by atoms with Gasteiger partial charge in [-0.25, -0.2) is 0 Å². The molecule has 0 aliphatic rings. The first kappa shape index (κ1) is 23.3. The van der Waals surface area contributed by atoms with Crippen LogP contribution in [-0.4, -0.2) is 33.0 Å². The Hall–Kier alpha value is -0.740. The first-order valence-corrected chi connectivity index (χ1v) is 9.44. The summed E-state index contributed by atoms with van der Waals surface area (Å²) in [6.45, 7) is 10.7. The molecule has 0 aromatic heterocycles. The molecular weight excluding hydrogens is 304 g/mol. The largest absolute Gasteiger partial charge is 0.382 e. The molecule has 0 bridgehead atoms. The number of ketones is 2. The average molecular weight is 343 g/mol. The van der Waals surface area contributed by atoms with Crippen molar-refractivity contribution in [3.8, 4) is 0 Å². The van der Waals surface area contributed by atoms with Gasteiger partial charge in [0, 0.05) is 6.42 Å². The zero-order valence-corrected chi connectivity index (χ0v) is 16.5. The number of Topliss-reactive ketones (excluding diaryl/α,β-unsaturated/α-hetero) is 2. The van der Waals surface area contributed by atoms with Gasteiger partial charge in [-0.15, -0.1) is 0 Å². The van der Waals surface area contributed by atoms with Crippen LogP contribution in [-0.2, 0) is 9.59 Å². The van der Waals surface area contributed by atoms with Crippen LogP contribution in [0.25, 0.3) is 0 Å². The zero-order chi connectivity index (χ0) is 19.0. The number of hydrogen-bond donors (Lipinski definition) is 2. The molecule has 0 heterocycles. The number of carbonyl (C=O) groups is 2. The fourth-order valence-corrected chi connectivity index (χ4v) is 3.02. The molecule has 0 spiro atoms. The SMILES string of the molecule is CCCCC(C)C(C)(O)C(=O)CCCCC(C)CC(C)(O)C(C)=O. The van der Waals surface area contributed by atoms with Crippen molar-refractivity contribution in [2.75, 3.05) is 0 Å². The van der Waals surface area contributed by atoms with E-state index in [9.17, 15) is 19.8 Å². The van der Waals surface area contributed by atoms with Crippen molar-refractivity contribution < 1.29 is 19.8 Å². The van der Waals surface area contributed by atoms with E-state index in [4.69, 9.17) is 0 Å². The lowest BCUT2D eigenvalue weighted by atomic mass is 9.81. The first-order valence-electron chi connectivity index (χ1n) is 9.44.